The first-order valence-electron chi connectivity index (χ1n) is 8.69. The SMILES string of the molecule is Nc1ccccc1SC(CC(=O)c1ccccc1)c1ccc2c(c1)OCO2. The lowest BCUT2D eigenvalue weighted by Crippen LogP contribution is -2.06. The Hall–Kier alpha value is -2.92. The van der Waals surface area contributed by atoms with Crippen LogP contribution in [0.25, 0.3) is 0 Å². The molecule has 4 rings (SSSR count). The molecular weight excluding hydrogens is 358 g/mol. The number of anilines is 1. The summed E-state index contributed by atoms with van der Waals surface area (Å²) in [6.07, 6.45) is 0.364. The lowest BCUT2D eigenvalue weighted by Gasteiger charge is -2.18. The van der Waals surface area contributed by atoms with Crippen molar-refractivity contribution in [2.75, 3.05) is 12.5 Å². The predicted octanol–water partition coefficient (Wildman–Crippen LogP) is 5.10. The molecule has 1 heterocycles. The fourth-order valence-electron chi connectivity index (χ4n) is 2.99. The summed E-state index contributed by atoms with van der Waals surface area (Å²) in [6.45, 7) is 0.227. The molecule has 1 unspecified atom stereocenters. The van der Waals surface area contributed by atoms with E-state index in [2.05, 4.69) is 0 Å². The monoisotopic (exact) mass is 377 g/mol. The van der Waals surface area contributed by atoms with Crippen LogP contribution in [0.15, 0.2) is 77.7 Å². The Morgan fingerprint density at radius 2 is 1.70 bits per heavy atom. The van der Waals surface area contributed by atoms with Crippen LogP contribution in [-0.4, -0.2) is 12.6 Å². The van der Waals surface area contributed by atoms with Gasteiger partial charge in [0, 0.05) is 27.8 Å². The number of carbonyl (C=O) groups excluding carboxylic acids is 1. The number of rotatable bonds is 6. The smallest absolute Gasteiger partial charge is 0.231 e. The van der Waals surface area contributed by atoms with Crippen molar-refractivity contribution in [2.24, 2.45) is 0 Å². The van der Waals surface area contributed by atoms with Crippen LogP contribution < -0.4 is 15.2 Å². The summed E-state index contributed by atoms with van der Waals surface area (Å²) in [5.41, 5.74) is 8.56. The average molecular weight is 377 g/mol. The molecule has 0 fully saturated rings. The Kier molecular flexibility index (Phi) is 5.03. The lowest BCUT2D eigenvalue weighted by atomic mass is 10.0. The van der Waals surface area contributed by atoms with Gasteiger partial charge in [-0.2, -0.15) is 0 Å². The van der Waals surface area contributed by atoms with Gasteiger partial charge in [0.1, 0.15) is 0 Å². The number of Topliss-reactive ketones (excluding diaryl/α,β-unsaturated/α-hetero) is 1. The lowest BCUT2D eigenvalue weighted by molar-refractivity contribution is 0.0982. The highest BCUT2D eigenvalue weighted by Crippen LogP contribution is 2.44. The zero-order chi connectivity index (χ0) is 18.6. The van der Waals surface area contributed by atoms with Gasteiger partial charge in [0.2, 0.25) is 6.79 Å². The molecule has 0 aromatic heterocycles. The van der Waals surface area contributed by atoms with Gasteiger partial charge < -0.3 is 15.2 Å². The van der Waals surface area contributed by atoms with Crippen molar-refractivity contribution in [2.45, 2.75) is 16.6 Å². The van der Waals surface area contributed by atoms with Crippen LogP contribution in [0.3, 0.4) is 0 Å². The van der Waals surface area contributed by atoms with Crippen molar-refractivity contribution < 1.29 is 14.3 Å². The zero-order valence-electron chi connectivity index (χ0n) is 14.6. The van der Waals surface area contributed by atoms with Crippen molar-refractivity contribution in [3.8, 4) is 11.5 Å². The maximum Gasteiger partial charge on any atom is 0.231 e. The van der Waals surface area contributed by atoms with Crippen molar-refractivity contribution >= 4 is 23.2 Å². The molecule has 5 heteroatoms. The maximum absolute atomic E-state index is 12.8. The second-order valence-corrected chi connectivity index (χ2v) is 7.49. The second kappa shape index (κ2) is 7.76. The summed E-state index contributed by atoms with van der Waals surface area (Å²) in [6, 6.07) is 22.9. The number of hydrogen-bond acceptors (Lipinski definition) is 5. The summed E-state index contributed by atoms with van der Waals surface area (Å²) in [5, 5.41) is -0.0862. The molecule has 1 atom stereocenters. The fraction of sp³-hybridized carbons (Fsp3) is 0.136. The molecule has 0 bridgehead atoms. The van der Waals surface area contributed by atoms with Crippen LogP contribution in [-0.2, 0) is 0 Å². The third-order valence-corrected chi connectivity index (χ3v) is 5.77. The molecule has 0 aliphatic carbocycles. The number of benzene rings is 3. The summed E-state index contributed by atoms with van der Waals surface area (Å²) in [5.74, 6) is 1.54. The summed E-state index contributed by atoms with van der Waals surface area (Å²) >= 11 is 1.59. The molecule has 136 valence electrons. The number of ketones is 1. The molecule has 3 aromatic carbocycles. The molecule has 27 heavy (non-hydrogen) atoms. The summed E-state index contributed by atoms with van der Waals surface area (Å²) in [7, 11) is 0. The van der Waals surface area contributed by atoms with E-state index in [0.717, 1.165) is 16.2 Å². The minimum absolute atomic E-state index is 0.0862. The van der Waals surface area contributed by atoms with E-state index in [0.29, 0.717) is 23.4 Å². The van der Waals surface area contributed by atoms with Crippen LogP contribution in [0.1, 0.15) is 27.6 Å². The Labute approximate surface area is 162 Å². The standard InChI is InChI=1S/C22H19NO3S/c23-17-8-4-5-9-21(17)27-22(13-18(24)15-6-2-1-3-7-15)16-10-11-19-20(12-16)26-14-25-19/h1-12,22H,13-14,23H2. The van der Waals surface area contributed by atoms with Gasteiger partial charge in [0.25, 0.3) is 0 Å². The third kappa shape index (κ3) is 3.93. The van der Waals surface area contributed by atoms with Gasteiger partial charge in [-0.1, -0.05) is 48.5 Å². The van der Waals surface area contributed by atoms with Crippen LogP contribution in [0.4, 0.5) is 5.69 Å². The molecule has 3 aromatic rings. The molecule has 0 saturated carbocycles. The first-order valence-corrected chi connectivity index (χ1v) is 9.57. The molecule has 0 saturated heterocycles. The zero-order valence-corrected chi connectivity index (χ0v) is 15.4. The van der Waals surface area contributed by atoms with Crippen LogP contribution in [0.5, 0.6) is 11.5 Å². The van der Waals surface area contributed by atoms with Gasteiger partial charge in [-0.05, 0) is 29.8 Å². The number of hydrogen-bond donors (Lipinski definition) is 1. The fourth-order valence-corrected chi connectivity index (χ4v) is 4.18. The molecule has 1 aliphatic rings. The number of thioether (sulfide) groups is 1. The number of fused-ring (bicyclic) bond motifs is 1. The minimum Gasteiger partial charge on any atom is -0.454 e. The predicted molar refractivity (Wildman–Crippen MR) is 107 cm³/mol. The third-order valence-electron chi connectivity index (χ3n) is 4.42. The maximum atomic E-state index is 12.8. The van der Waals surface area contributed by atoms with E-state index >= 15 is 0 Å². The number of carbonyl (C=O) groups is 1. The van der Waals surface area contributed by atoms with E-state index in [1.165, 1.54) is 0 Å². The number of nitrogens with two attached hydrogens (primary N) is 1. The Balaban J connectivity index is 1.64. The van der Waals surface area contributed by atoms with Crippen LogP contribution in [0, 0.1) is 0 Å². The van der Waals surface area contributed by atoms with Gasteiger partial charge in [0.05, 0.1) is 0 Å². The van der Waals surface area contributed by atoms with E-state index in [9.17, 15) is 4.79 Å². The van der Waals surface area contributed by atoms with Gasteiger partial charge in [-0.3, -0.25) is 4.79 Å². The van der Waals surface area contributed by atoms with E-state index in [-0.39, 0.29) is 17.8 Å². The largest absolute Gasteiger partial charge is 0.454 e. The van der Waals surface area contributed by atoms with Crippen LogP contribution in [0.2, 0.25) is 0 Å². The minimum atomic E-state index is -0.0862. The Bertz CT molecular complexity index is 959. The number of nitrogen functional groups attached to an aromatic ring is 1. The van der Waals surface area contributed by atoms with Crippen molar-refractivity contribution in [1.29, 1.82) is 0 Å². The highest BCUT2D eigenvalue weighted by molar-refractivity contribution is 7.99. The van der Waals surface area contributed by atoms with E-state index in [1.807, 2.05) is 72.8 Å². The van der Waals surface area contributed by atoms with Crippen molar-refractivity contribution in [1.82, 2.24) is 0 Å². The summed E-state index contributed by atoms with van der Waals surface area (Å²) < 4.78 is 10.9. The quantitative estimate of drug-likeness (QED) is 0.368. The molecule has 1 aliphatic heterocycles. The van der Waals surface area contributed by atoms with E-state index in [4.69, 9.17) is 15.2 Å². The van der Waals surface area contributed by atoms with Crippen LogP contribution >= 0.6 is 11.8 Å². The number of ether oxygens (including phenoxy) is 2. The summed E-state index contributed by atoms with van der Waals surface area (Å²) in [4.78, 5) is 13.8. The van der Waals surface area contributed by atoms with Gasteiger partial charge in [0.15, 0.2) is 17.3 Å². The highest BCUT2D eigenvalue weighted by Gasteiger charge is 2.22. The van der Waals surface area contributed by atoms with Gasteiger partial charge in [-0.15, -0.1) is 11.8 Å². The normalized spacial score (nSPS) is 13.3. The topological polar surface area (TPSA) is 61.6 Å². The highest BCUT2D eigenvalue weighted by atomic mass is 32.2. The first-order chi connectivity index (χ1) is 13.2. The van der Waals surface area contributed by atoms with Gasteiger partial charge >= 0.3 is 0 Å². The Morgan fingerprint density at radius 3 is 2.52 bits per heavy atom. The van der Waals surface area contributed by atoms with Gasteiger partial charge in [-0.25, -0.2) is 0 Å². The van der Waals surface area contributed by atoms with Crippen molar-refractivity contribution in [3.63, 3.8) is 0 Å². The molecule has 4 nitrogen and oxygen atoms in total. The average Bonchev–Trinajstić information content (AvgIpc) is 3.17. The number of para-hydroxylation sites is 1. The van der Waals surface area contributed by atoms with E-state index < -0.39 is 0 Å². The molecule has 0 amide bonds. The second-order valence-electron chi connectivity index (χ2n) is 6.25. The Morgan fingerprint density at radius 1 is 0.963 bits per heavy atom. The molecule has 0 spiro atoms. The molecular formula is C22H19NO3S. The van der Waals surface area contributed by atoms with E-state index in [1.54, 1.807) is 11.8 Å². The van der Waals surface area contributed by atoms with Crippen molar-refractivity contribution in [3.05, 3.63) is 83.9 Å². The molecule has 0 radical (unpaired) electrons. The first kappa shape index (κ1) is 17.5. The molecule has 2 N–H and O–H groups in total.